The van der Waals surface area contributed by atoms with Gasteiger partial charge in [-0.3, -0.25) is 4.68 Å². The van der Waals surface area contributed by atoms with E-state index < -0.39 is 0 Å². The van der Waals surface area contributed by atoms with Crippen molar-refractivity contribution >= 4 is 29.9 Å². The third-order valence-corrected chi connectivity index (χ3v) is 4.87. The number of aryl methyl sites for hydroxylation is 1. The molecule has 1 unspecified atom stereocenters. The summed E-state index contributed by atoms with van der Waals surface area (Å²) in [4.78, 5) is 7.11. The lowest BCUT2D eigenvalue weighted by atomic mass is 10.1. The molecule has 1 aliphatic heterocycles. The molecule has 0 aliphatic carbocycles. The zero-order valence-corrected chi connectivity index (χ0v) is 19.6. The summed E-state index contributed by atoms with van der Waals surface area (Å²) in [5.41, 5.74) is 3.21. The number of nitrogens with one attached hydrogen (secondary N) is 1. The standard InChI is InChI=1S/C21H27N7O.HI/c1-3-22-21(27-9-10-29-20(16-27)18-13-24-26(2)15-18)23-11-17-12-25-28(14-17)19-7-5-4-6-8-19;/h4-8,12-15,20H,3,9-11,16H2,1-2H3,(H,22,23);1H. The monoisotopic (exact) mass is 521 g/mol. The van der Waals surface area contributed by atoms with E-state index in [4.69, 9.17) is 9.73 Å². The number of aliphatic imine (C=N–C) groups is 1. The molecular weight excluding hydrogens is 493 g/mol. The topological polar surface area (TPSA) is 72.5 Å². The first-order valence-corrected chi connectivity index (χ1v) is 9.95. The normalized spacial score (nSPS) is 16.9. The molecule has 1 saturated heterocycles. The van der Waals surface area contributed by atoms with Crippen molar-refractivity contribution in [2.24, 2.45) is 12.0 Å². The molecule has 3 heterocycles. The van der Waals surface area contributed by atoms with Crippen LogP contribution in [-0.2, 0) is 18.3 Å². The molecule has 160 valence electrons. The molecule has 1 N–H and O–H groups in total. The lowest BCUT2D eigenvalue weighted by molar-refractivity contribution is -0.00805. The predicted molar refractivity (Wildman–Crippen MR) is 127 cm³/mol. The number of benzene rings is 1. The summed E-state index contributed by atoms with van der Waals surface area (Å²) in [6.45, 7) is 5.70. The van der Waals surface area contributed by atoms with Crippen LogP contribution in [-0.4, -0.2) is 56.7 Å². The molecule has 8 nitrogen and oxygen atoms in total. The Morgan fingerprint density at radius 2 is 2.03 bits per heavy atom. The maximum atomic E-state index is 5.96. The van der Waals surface area contributed by atoms with Gasteiger partial charge in [0.1, 0.15) is 6.10 Å². The summed E-state index contributed by atoms with van der Waals surface area (Å²) in [5, 5.41) is 12.1. The summed E-state index contributed by atoms with van der Waals surface area (Å²) in [7, 11) is 1.92. The van der Waals surface area contributed by atoms with Crippen molar-refractivity contribution in [2.75, 3.05) is 26.2 Å². The van der Waals surface area contributed by atoms with Crippen LogP contribution in [0, 0.1) is 0 Å². The van der Waals surface area contributed by atoms with Crippen LogP contribution in [0.25, 0.3) is 5.69 Å². The van der Waals surface area contributed by atoms with Gasteiger partial charge in [-0.25, -0.2) is 9.67 Å². The van der Waals surface area contributed by atoms with E-state index in [0.29, 0.717) is 13.2 Å². The Labute approximate surface area is 194 Å². The van der Waals surface area contributed by atoms with Crippen LogP contribution < -0.4 is 5.32 Å². The van der Waals surface area contributed by atoms with E-state index in [0.717, 1.165) is 42.4 Å². The van der Waals surface area contributed by atoms with E-state index in [1.54, 1.807) is 4.68 Å². The van der Waals surface area contributed by atoms with E-state index >= 15 is 0 Å². The van der Waals surface area contributed by atoms with Gasteiger partial charge in [-0.1, -0.05) is 18.2 Å². The van der Waals surface area contributed by atoms with E-state index in [9.17, 15) is 0 Å². The molecule has 0 saturated carbocycles. The van der Waals surface area contributed by atoms with Crippen LogP contribution in [0.3, 0.4) is 0 Å². The fourth-order valence-electron chi connectivity index (χ4n) is 3.41. The van der Waals surface area contributed by atoms with Gasteiger partial charge in [-0.05, 0) is 19.1 Å². The average molecular weight is 521 g/mol. The van der Waals surface area contributed by atoms with Gasteiger partial charge < -0.3 is 15.0 Å². The summed E-state index contributed by atoms with van der Waals surface area (Å²) < 4.78 is 9.65. The molecule has 3 aromatic rings. The number of rotatable bonds is 5. The third kappa shape index (κ3) is 5.39. The highest BCUT2D eigenvalue weighted by molar-refractivity contribution is 14.0. The van der Waals surface area contributed by atoms with Gasteiger partial charge in [-0.15, -0.1) is 24.0 Å². The number of aromatic nitrogens is 4. The van der Waals surface area contributed by atoms with Crippen LogP contribution in [0.4, 0.5) is 0 Å². The highest BCUT2D eigenvalue weighted by atomic mass is 127. The van der Waals surface area contributed by atoms with E-state index in [-0.39, 0.29) is 30.1 Å². The SMILES string of the molecule is CCNC(=NCc1cnn(-c2ccccc2)c1)N1CCOC(c2cnn(C)c2)C1.I. The van der Waals surface area contributed by atoms with Crippen molar-refractivity contribution in [1.82, 2.24) is 29.8 Å². The molecule has 0 radical (unpaired) electrons. The number of hydrogen-bond donors (Lipinski definition) is 1. The van der Waals surface area contributed by atoms with Crippen molar-refractivity contribution in [3.63, 3.8) is 0 Å². The molecular formula is C21H28IN7O. The van der Waals surface area contributed by atoms with Gasteiger partial charge in [0.15, 0.2) is 5.96 Å². The Morgan fingerprint density at radius 3 is 2.77 bits per heavy atom. The lowest BCUT2D eigenvalue weighted by Crippen LogP contribution is -2.48. The third-order valence-electron chi connectivity index (χ3n) is 4.87. The number of nitrogens with zero attached hydrogens (tertiary/aromatic N) is 6. The second-order valence-electron chi connectivity index (χ2n) is 7.05. The van der Waals surface area contributed by atoms with Crippen molar-refractivity contribution < 1.29 is 4.74 Å². The molecule has 0 amide bonds. The number of hydrogen-bond acceptors (Lipinski definition) is 4. The molecule has 4 rings (SSSR count). The molecule has 0 spiro atoms. The molecule has 1 fully saturated rings. The molecule has 1 aromatic carbocycles. The zero-order chi connectivity index (χ0) is 20.1. The minimum Gasteiger partial charge on any atom is -0.370 e. The second-order valence-corrected chi connectivity index (χ2v) is 7.05. The molecule has 1 atom stereocenters. The minimum absolute atomic E-state index is 0. The van der Waals surface area contributed by atoms with E-state index in [1.165, 1.54) is 0 Å². The number of halogens is 1. The molecule has 2 aromatic heterocycles. The van der Waals surface area contributed by atoms with Crippen LogP contribution in [0.15, 0.2) is 60.1 Å². The first kappa shape index (κ1) is 22.3. The van der Waals surface area contributed by atoms with Crippen molar-refractivity contribution in [1.29, 1.82) is 0 Å². The summed E-state index contributed by atoms with van der Waals surface area (Å²) in [6, 6.07) is 10.1. The number of guanidine groups is 1. The lowest BCUT2D eigenvalue weighted by Gasteiger charge is -2.34. The van der Waals surface area contributed by atoms with Gasteiger partial charge >= 0.3 is 0 Å². The fraction of sp³-hybridized carbons (Fsp3) is 0.381. The molecule has 9 heteroatoms. The minimum atomic E-state index is 0. The van der Waals surface area contributed by atoms with Gasteiger partial charge in [0.2, 0.25) is 0 Å². The largest absolute Gasteiger partial charge is 0.370 e. The van der Waals surface area contributed by atoms with E-state index in [2.05, 4.69) is 27.3 Å². The smallest absolute Gasteiger partial charge is 0.194 e. The van der Waals surface area contributed by atoms with Crippen LogP contribution in [0.2, 0.25) is 0 Å². The molecule has 30 heavy (non-hydrogen) atoms. The zero-order valence-electron chi connectivity index (χ0n) is 17.3. The van der Waals surface area contributed by atoms with Crippen LogP contribution >= 0.6 is 24.0 Å². The first-order chi connectivity index (χ1) is 14.2. The maximum Gasteiger partial charge on any atom is 0.194 e. The quantitative estimate of drug-likeness (QED) is 0.318. The average Bonchev–Trinajstić information content (AvgIpc) is 3.41. The van der Waals surface area contributed by atoms with Crippen LogP contribution in [0.1, 0.15) is 24.2 Å². The van der Waals surface area contributed by atoms with Gasteiger partial charge in [-0.2, -0.15) is 10.2 Å². The Morgan fingerprint density at radius 1 is 1.20 bits per heavy atom. The first-order valence-electron chi connectivity index (χ1n) is 9.95. The van der Waals surface area contributed by atoms with Crippen molar-refractivity contribution in [3.8, 4) is 5.69 Å². The van der Waals surface area contributed by atoms with Crippen LogP contribution in [0.5, 0.6) is 0 Å². The second kappa shape index (κ2) is 10.6. The Kier molecular flexibility index (Phi) is 7.86. The maximum absolute atomic E-state index is 5.96. The Hall–Kier alpha value is -2.40. The molecule has 0 bridgehead atoms. The summed E-state index contributed by atoms with van der Waals surface area (Å²) in [5.74, 6) is 0.900. The molecule has 1 aliphatic rings. The van der Waals surface area contributed by atoms with Gasteiger partial charge in [0.25, 0.3) is 0 Å². The predicted octanol–water partition coefficient (Wildman–Crippen LogP) is 2.76. The number of ether oxygens (including phenoxy) is 1. The van der Waals surface area contributed by atoms with Gasteiger partial charge in [0, 0.05) is 43.7 Å². The highest BCUT2D eigenvalue weighted by Crippen LogP contribution is 2.21. The Bertz CT molecular complexity index is 953. The number of para-hydroxylation sites is 1. The van der Waals surface area contributed by atoms with Crippen molar-refractivity contribution in [3.05, 3.63) is 66.2 Å². The fourth-order valence-corrected chi connectivity index (χ4v) is 3.41. The Balaban J connectivity index is 0.00000256. The summed E-state index contributed by atoms with van der Waals surface area (Å²) >= 11 is 0. The van der Waals surface area contributed by atoms with Crippen molar-refractivity contribution in [2.45, 2.75) is 19.6 Å². The van der Waals surface area contributed by atoms with E-state index in [1.807, 2.05) is 66.8 Å². The van der Waals surface area contributed by atoms with Gasteiger partial charge in [0.05, 0.1) is 37.8 Å². The summed E-state index contributed by atoms with van der Waals surface area (Å²) in [6.07, 6.45) is 7.78. The highest BCUT2D eigenvalue weighted by Gasteiger charge is 2.25. The number of morpholine rings is 1.